The van der Waals surface area contributed by atoms with E-state index in [1.165, 1.54) is 4.90 Å². The van der Waals surface area contributed by atoms with Gasteiger partial charge in [0.25, 0.3) is 6.01 Å². The Hall–Kier alpha value is -1.42. The lowest BCUT2D eigenvalue weighted by Gasteiger charge is -1.98. The second-order valence-electron chi connectivity index (χ2n) is 3.01. The molecule has 0 saturated carbocycles. The van der Waals surface area contributed by atoms with Gasteiger partial charge in [-0.2, -0.15) is 0 Å². The molecule has 78 valence electrons. The molecule has 0 aliphatic rings. The fourth-order valence-electron chi connectivity index (χ4n) is 1.28. The van der Waals surface area contributed by atoms with E-state index < -0.39 is 0 Å². The first kappa shape index (κ1) is 10.1. The van der Waals surface area contributed by atoms with E-state index in [2.05, 4.69) is 28.7 Å². The van der Waals surface area contributed by atoms with Gasteiger partial charge in [-0.15, -0.1) is 11.8 Å². The Morgan fingerprint density at radius 3 is 2.53 bits per heavy atom. The third-order valence-corrected chi connectivity index (χ3v) is 2.84. The van der Waals surface area contributed by atoms with Gasteiger partial charge in [0, 0.05) is 17.5 Å². The summed E-state index contributed by atoms with van der Waals surface area (Å²) >= 11 is 1.72. The van der Waals surface area contributed by atoms with Crippen LogP contribution in [0.4, 0.5) is 6.01 Å². The Kier molecular flexibility index (Phi) is 2.97. The first-order valence-corrected chi connectivity index (χ1v) is 5.84. The Balaban J connectivity index is 2.28. The Bertz CT molecular complexity index is 436. The Morgan fingerprint density at radius 2 is 2.00 bits per heavy atom. The number of thioether (sulfide) groups is 1. The van der Waals surface area contributed by atoms with Crippen molar-refractivity contribution < 1.29 is 4.42 Å². The van der Waals surface area contributed by atoms with E-state index in [1.807, 2.05) is 12.1 Å². The van der Waals surface area contributed by atoms with Crippen LogP contribution in [0.25, 0.3) is 11.3 Å². The lowest BCUT2D eigenvalue weighted by molar-refractivity contribution is 0.589. The van der Waals surface area contributed by atoms with Crippen molar-refractivity contribution in [3.8, 4) is 11.3 Å². The largest absolute Gasteiger partial charge is 0.424 e. The van der Waals surface area contributed by atoms with Crippen LogP contribution in [-0.4, -0.2) is 18.3 Å². The van der Waals surface area contributed by atoms with Crippen molar-refractivity contribution in [1.29, 1.82) is 0 Å². The van der Waals surface area contributed by atoms with Gasteiger partial charge < -0.3 is 9.73 Å². The summed E-state index contributed by atoms with van der Waals surface area (Å²) in [5, 5.41) is 2.86. The molecule has 1 heterocycles. The second-order valence-corrected chi connectivity index (χ2v) is 3.89. The average Bonchev–Trinajstić information content (AvgIpc) is 2.78. The predicted octanol–water partition coefficient (Wildman–Crippen LogP) is 3.11. The SMILES string of the molecule is CNc1ncc(-c2ccc(SC)cc2)o1. The van der Waals surface area contributed by atoms with Gasteiger partial charge in [0.2, 0.25) is 0 Å². The molecule has 0 radical (unpaired) electrons. The summed E-state index contributed by atoms with van der Waals surface area (Å²) < 4.78 is 5.46. The lowest BCUT2D eigenvalue weighted by Crippen LogP contribution is -1.85. The van der Waals surface area contributed by atoms with Gasteiger partial charge in [0.15, 0.2) is 5.76 Å². The average molecular weight is 220 g/mol. The summed E-state index contributed by atoms with van der Waals surface area (Å²) in [4.78, 5) is 5.31. The van der Waals surface area contributed by atoms with Gasteiger partial charge in [-0.25, -0.2) is 4.98 Å². The molecule has 0 aliphatic carbocycles. The van der Waals surface area contributed by atoms with Crippen molar-refractivity contribution in [3.05, 3.63) is 30.5 Å². The zero-order chi connectivity index (χ0) is 10.7. The summed E-state index contributed by atoms with van der Waals surface area (Å²) in [6, 6.07) is 8.75. The maximum atomic E-state index is 5.46. The van der Waals surface area contributed by atoms with Crippen molar-refractivity contribution in [2.75, 3.05) is 18.6 Å². The van der Waals surface area contributed by atoms with Crippen molar-refractivity contribution in [3.63, 3.8) is 0 Å². The minimum atomic E-state index is 0.541. The quantitative estimate of drug-likeness (QED) is 0.807. The van der Waals surface area contributed by atoms with E-state index in [9.17, 15) is 0 Å². The highest BCUT2D eigenvalue weighted by atomic mass is 32.2. The number of anilines is 1. The van der Waals surface area contributed by atoms with Gasteiger partial charge in [0.05, 0.1) is 6.20 Å². The van der Waals surface area contributed by atoms with Crippen molar-refractivity contribution in [2.24, 2.45) is 0 Å². The van der Waals surface area contributed by atoms with Crippen molar-refractivity contribution >= 4 is 17.8 Å². The zero-order valence-electron chi connectivity index (χ0n) is 8.65. The number of rotatable bonds is 3. The van der Waals surface area contributed by atoms with Crippen LogP contribution in [0.1, 0.15) is 0 Å². The fraction of sp³-hybridized carbons (Fsp3) is 0.182. The van der Waals surface area contributed by atoms with E-state index in [0.717, 1.165) is 11.3 Å². The van der Waals surface area contributed by atoms with E-state index in [-0.39, 0.29) is 0 Å². The van der Waals surface area contributed by atoms with E-state index in [0.29, 0.717) is 6.01 Å². The van der Waals surface area contributed by atoms with Crippen molar-refractivity contribution in [2.45, 2.75) is 4.90 Å². The highest BCUT2D eigenvalue weighted by molar-refractivity contribution is 7.98. The van der Waals surface area contributed by atoms with Crippen LogP contribution >= 0.6 is 11.8 Å². The molecular weight excluding hydrogens is 208 g/mol. The molecule has 3 nitrogen and oxygen atoms in total. The molecule has 0 saturated heterocycles. The third kappa shape index (κ3) is 2.15. The van der Waals surface area contributed by atoms with Crippen LogP contribution in [0.5, 0.6) is 0 Å². The first-order valence-electron chi connectivity index (χ1n) is 4.61. The number of aromatic nitrogens is 1. The standard InChI is InChI=1S/C11H12N2OS/c1-12-11-13-7-10(14-11)8-3-5-9(15-2)6-4-8/h3-7H,1-2H3,(H,12,13). The summed E-state index contributed by atoms with van der Waals surface area (Å²) in [6.45, 7) is 0. The van der Waals surface area contributed by atoms with Gasteiger partial charge in [0.1, 0.15) is 0 Å². The van der Waals surface area contributed by atoms with Gasteiger partial charge in [-0.1, -0.05) is 12.1 Å². The van der Waals surface area contributed by atoms with E-state index >= 15 is 0 Å². The van der Waals surface area contributed by atoms with Crippen LogP contribution < -0.4 is 5.32 Å². The summed E-state index contributed by atoms with van der Waals surface area (Å²) in [7, 11) is 1.78. The number of hydrogen-bond donors (Lipinski definition) is 1. The molecule has 4 heteroatoms. The molecule has 0 atom stereocenters. The molecule has 0 fully saturated rings. The molecule has 2 aromatic rings. The van der Waals surface area contributed by atoms with E-state index in [4.69, 9.17) is 4.42 Å². The Morgan fingerprint density at radius 1 is 1.27 bits per heavy atom. The van der Waals surface area contributed by atoms with Gasteiger partial charge in [-0.05, 0) is 18.4 Å². The van der Waals surface area contributed by atoms with Crippen LogP contribution in [0.3, 0.4) is 0 Å². The van der Waals surface area contributed by atoms with Crippen LogP contribution in [-0.2, 0) is 0 Å². The van der Waals surface area contributed by atoms with Crippen LogP contribution in [0.15, 0.2) is 39.8 Å². The van der Waals surface area contributed by atoms with Crippen molar-refractivity contribution in [1.82, 2.24) is 4.98 Å². The molecule has 0 spiro atoms. The minimum Gasteiger partial charge on any atom is -0.424 e. The summed E-state index contributed by atoms with van der Waals surface area (Å²) in [5.74, 6) is 0.784. The number of nitrogens with one attached hydrogen (secondary N) is 1. The third-order valence-electron chi connectivity index (χ3n) is 2.09. The maximum absolute atomic E-state index is 5.46. The lowest BCUT2D eigenvalue weighted by atomic mass is 10.2. The Labute approximate surface area is 92.9 Å². The molecule has 0 aliphatic heterocycles. The molecular formula is C11H12N2OS. The molecule has 0 amide bonds. The molecule has 2 rings (SSSR count). The predicted molar refractivity (Wildman–Crippen MR) is 63.3 cm³/mol. The second kappa shape index (κ2) is 4.40. The molecule has 15 heavy (non-hydrogen) atoms. The summed E-state index contributed by atoms with van der Waals surface area (Å²) in [5.41, 5.74) is 1.04. The first-order chi connectivity index (χ1) is 7.33. The fourth-order valence-corrected chi connectivity index (χ4v) is 1.69. The molecule has 1 aromatic carbocycles. The number of benzene rings is 1. The van der Waals surface area contributed by atoms with Gasteiger partial charge >= 0.3 is 0 Å². The zero-order valence-corrected chi connectivity index (χ0v) is 9.47. The highest BCUT2D eigenvalue weighted by Crippen LogP contribution is 2.24. The molecule has 0 bridgehead atoms. The highest BCUT2D eigenvalue weighted by Gasteiger charge is 2.04. The van der Waals surface area contributed by atoms with Crippen LogP contribution in [0.2, 0.25) is 0 Å². The minimum absolute atomic E-state index is 0.541. The van der Waals surface area contributed by atoms with E-state index in [1.54, 1.807) is 25.0 Å². The monoisotopic (exact) mass is 220 g/mol. The van der Waals surface area contributed by atoms with Crippen LogP contribution in [0, 0.1) is 0 Å². The maximum Gasteiger partial charge on any atom is 0.294 e. The topological polar surface area (TPSA) is 38.1 Å². The normalized spacial score (nSPS) is 10.3. The smallest absolute Gasteiger partial charge is 0.294 e. The molecule has 1 aromatic heterocycles. The summed E-state index contributed by atoms with van der Waals surface area (Å²) in [6.07, 6.45) is 3.78. The molecule has 1 N–H and O–H groups in total. The molecule has 0 unspecified atom stereocenters. The number of nitrogens with zero attached hydrogens (tertiary/aromatic N) is 1. The number of hydrogen-bond acceptors (Lipinski definition) is 4. The number of oxazole rings is 1. The van der Waals surface area contributed by atoms with Gasteiger partial charge in [-0.3, -0.25) is 0 Å².